The molecule has 0 aromatic heterocycles. The van der Waals surface area contributed by atoms with Crippen LogP contribution in [0.5, 0.6) is 5.75 Å². The van der Waals surface area contributed by atoms with Gasteiger partial charge >= 0.3 is 6.18 Å². The summed E-state index contributed by atoms with van der Waals surface area (Å²) in [5.41, 5.74) is 0.274. The lowest BCUT2D eigenvalue weighted by atomic mass is 10.0. The minimum absolute atomic E-state index is 0.151. The van der Waals surface area contributed by atoms with Crippen molar-refractivity contribution in [2.45, 2.75) is 19.1 Å². The Bertz CT molecular complexity index is 1030. The first-order valence-corrected chi connectivity index (χ1v) is 10.0. The molecule has 0 aliphatic carbocycles. The molecule has 3 rings (SSSR count). The average molecular weight is 447 g/mol. The van der Waals surface area contributed by atoms with E-state index in [0.29, 0.717) is 36.6 Å². The second kappa shape index (κ2) is 9.49. The summed E-state index contributed by atoms with van der Waals surface area (Å²) >= 11 is 0. The van der Waals surface area contributed by atoms with E-state index in [1.165, 1.54) is 19.2 Å². The van der Waals surface area contributed by atoms with E-state index in [-0.39, 0.29) is 18.6 Å². The van der Waals surface area contributed by atoms with Crippen LogP contribution < -0.4 is 9.64 Å². The third-order valence-corrected chi connectivity index (χ3v) is 5.55. The molecular weight excluding hydrogens is 423 g/mol. The molecule has 2 aromatic rings. The van der Waals surface area contributed by atoms with Crippen molar-refractivity contribution in [3.63, 3.8) is 0 Å². The first kappa shape index (κ1) is 23.4. The van der Waals surface area contributed by atoms with E-state index < -0.39 is 17.3 Å². The maximum Gasteiger partial charge on any atom is 0.417 e. The van der Waals surface area contributed by atoms with E-state index in [0.717, 1.165) is 11.6 Å². The van der Waals surface area contributed by atoms with Gasteiger partial charge in [0.2, 0.25) is 0 Å². The summed E-state index contributed by atoms with van der Waals surface area (Å²) in [6.45, 7) is 3.02. The van der Waals surface area contributed by atoms with Gasteiger partial charge in [-0.05, 0) is 48.9 Å². The van der Waals surface area contributed by atoms with Crippen molar-refractivity contribution >= 4 is 11.6 Å². The number of aryl methyl sites for hydroxylation is 1. The maximum absolute atomic E-state index is 13.4. The molecule has 1 unspecified atom stereocenters. The quantitative estimate of drug-likeness (QED) is 0.696. The Labute approximate surface area is 184 Å². The van der Waals surface area contributed by atoms with Crippen LogP contribution in [0.4, 0.5) is 18.9 Å². The topological polar surface area (TPSA) is 65.8 Å². The van der Waals surface area contributed by atoms with Crippen LogP contribution in [-0.2, 0) is 10.9 Å². The predicted octanol–water partition coefficient (Wildman–Crippen LogP) is 3.87. The molecule has 6 nitrogen and oxygen atoms in total. The van der Waals surface area contributed by atoms with Crippen LogP contribution in [0.1, 0.15) is 27.0 Å². The van der Waals surface area contributed by atoms with Gasteiger partial charge < -0.3 is 19.3 Å². The van der Waals surface area contributed by atoms with Gasteiger partial charge in [0.05, 0.1) is 37.0 Å². The van der Waals surface area contributed by atoms with Gasteiger partial charge in [-0.2, -0.15) is 18.4 Å². The van der Waals surface area contributed by atoms with Gasteiger partial charge in [-0.3, -0.25) is 4.79 Å². The zero-order valence-corrected chi connectivity index (χ0v) is 18.1. The predicted molar refractivity (Wildman–Crippen MR) is 113 cm³/mol. The van der Waals surface area contributed by atoms with Crippen molar-refractivity contribution < 1.29 is 27.4 Å². The molecular formula is C23H24F3N3O3. The maximum atomic E-state index is 13.4. The number of anilines is 1. The van der Waals surface area contributed by atoms with Gasteiger partial charge in [-0.25, -0.2) is 0 Å². The van der Waals surface area contributed by atoms with Crippen LogP contribution in [0, 0.1) is 18.3 Å². The highest BCUT2D eigenvalue weighted by molar-refractivity contribution is 5.96. The summed E-state index contributed by atoms with van der Waals surface area (Å²) in [7, 11) is 3.06. The third kappa shape index (κ3) is 4.81. The van der Waals surface area contributed by atoms with Crippen LogP contribution in [0.2, 0.25) is 0 Å². The molecule has 1 saturated heterocycles. The van der Waals surface area contributed by atoms with Crippen LogP contribution in [0.15, 0.2) is 36.4 Å². The molecule has 1 amide bonds. The van der Waals surface area contributed by atoms with E-state index in [1.807, 2.05) is 6.92 Å². The number of hydrogen-bond donors (Lipinski definition) is 0. The number of benzene rings is 2. The Morgan fingerprint density at radius 2 is 1.94 bits per heavy atom. The number of halogens is 3. The lowest BCUT2D eigenvalue weighted by Crippen LogP contribution is -2.56. The number of carbonyl (C=O) groups is 1. The lowest BCUT2D eigenvalue weighted by molar-refractivity contribution is -0.137. The molecule has 1 atom stereocenters. The second-order valence-electron chi connectivity index (χ2n) is 7.57. The van der Waals surface area contributed by atoms with Gasteiger partial charge in [-0.1, -0.05) is 0 Å². The van der Waals surface area contributed by atoms with Gasteiger partial charge in [0, 0.05) is 38.0 Å². The number of methoxy groups -OCH3 is 2. The van der Waals surface area contributed by atoms with E-state index in [2.05, 4.69) is 0 Å². The fourth-order valence-electron chi connectivity index (χ4n) is 3.93. The van der Waals surface area contributed by atoms with Gasteiger partial charge in [0.15, 0.2) is 0 Å². The van der Waals surface area contributed by atoms with E-state index in [4.69, 9.17) is 14.7 Å². The number of rotatable bonds is 5. The lowest BCUT2D eigenvalue weighted by Gasteiger charge is -2.42. The molecule has 0 spiro atoms. The van der Waals surface area contributed by atoms with Gasteiger partial charge in [0.25, 0.3) is 5.91 Å². The number of nitrogens with zero attached hydrogens (tertiary/aromatic N) is 3. The smallest absolute Gasteiger partial charge is 0.417 e. The van der Waals surface area contributed by atoms with E-state index in [1.54, 1.807) is 41.2 Å². The standard InChI is InChI=1S/C23H24F3N3O3/c1-15-10-19(32-3)6-7-20(15)22(30)28-8-9-29(18(13-28)14-31-2)17-5-4-16(12-27)21(11-17)23(24,25)26/h4-7,10-11,18H,8-9,13-14H2,1-3H3. The highest BCUT2D eigenvalue weighted by atomic mass is 19.4. The molecule has 1 aliphatic rings. The molecule has 0 N–H and O–H groups in total. The Morgan fingerprint density at radius 1 is 1.19 bits per heavy atom. The molecule has 32 heavy (non-hydrogen) atoms. The minimum atomic E-state index is -4.64. The molecule has 9 heteroatoms. The van der Waals surface area contributed by atoms with Crippen LogP contribution in [-0.4, -0.2) is 57.3 Å². The Hall–Kier alpha value is -3.25. The minimum Gasteiger partial charge on any atom is -0.497 e. The summed E-state index contributed by atoms with van der Waals surface area (Å²) in [5.74, 6) is 0.504. The molecule has 170 valence electrons. The molecule has 0 radical (unpaired) electrons. The average Bonchev–Trinajstić information content (AvgIpc) is 2.77. The van der Waals surface area contributed by atoms with Crippen molar-refractivity contribution in [1.29, 1.82) is 5.26 Å². The summed E-state index contributed by atoms with van der Waals surface area (Å²) in [6, 6.07) is 10.1. The summed E-state index contributed by atoms with van der Waals surface area (Å²) in [4.78, 5) is 16.6. The number of ether oxygens (including phenoxy) is 2. The molecule has 1 heterocycles. The van der Waals surface area contributed by atoms with Crippen LogP contribution in [0.3, 0.4) is 0 Å². The SMILES string of the molecule is COCC1CN(C(=O)c2ccc(OC)cc2C)CCN1c1ccc(C#N)c(C(F)(F)F)c1. The van der Waals surface area contributed by atoms with Crippen molar-refractivity contribution in [1.82, 2.24) is 4.90 Å². The van der Waals surface area contributed by atoms with Crippen LogP contribution >= 0.6 is 0 Å². The Balaban J connectivity index is 1.86. The Kier molecular flexibility index (Phi) is 6.94. The number of amides is 1. The summed E-state index contributed by atoms with van der Waals surface area (Å²) in [6.07, 6.45) is -4.64. The number of alkyl halides is 3. The zero-order chi connectivity index (χ0) is 23.5. The van der Waals surface area contributed by atoms with Crippen molar-refractivity contribution in [2.24, 2.45) is 0 Å². The van der Waals surface area contributed by atoms with Crippen molar-refractivity contribution in [3.8, 4) is 11.8 Å². The highest BCUT2D eigenvalue weighted by Gasteiger charge is 2.36. The molecule has 1 aliphatic heterocycles. The van der Waals surface area contributed by atoms with E-state index in [9.17, 15) is 18.0 Å². The second-order valence-corrected chi connectivity index (χ2v) is 7.57. The number of piperazine rings is 1. The molecule has 0 bridgehead atoms. The summed E-state index contributed by atoms with van der Waals surface area (Å²) < 4.78 is 50.7. The van der Waals surface area contributed by atoms with Crippen LogP contribution in [0.25, 0.3) is 0 Å². The van der Waals surface area contributed by atoms with Gasteiger partial charge in [-0.15, -0.1) is 0 Å². The number of nitriles is 1. The number of carbonyl (C=O) groups excluding carboxylic acids is 1. The fourth-order valence-corrected chi connectivity index (χ4v) is 3.93. The van der Waals surface area contributed by atoms with Gasteiger partial charge in [0.1, 0.15) is 5.75 Å². The van der Waals surface area contributed by atoms with Crippen molar-refractivity contribution in [3.05, 3.63) is 58.7 Å². The molecule has 1 fully saturated rings. The normalized spacial score (nSPS) is 16.6. The monoisotopic (exact) mass is 447 g/mol. The largest absolute Gasteiger partial charge is 0.497 e. The third-order valence-electron chi connectivity index (χ3n) is 5.55. The Morgan fingerprint density at radius 3 is 2.53 bits per heavy atom. The zero-order valence-electron chi connectivity index (χ0n) is 18.1. The first-order chi connectivity index (χ1) is 15.2. The molecule has 2 aromatic carbocycles. The number of hydrogen-bond acceptors (Lipinski definition) is 5. The first-order valence-electron chi connectivity index (χ1n) is 10.0. The summed E-state index contributed by atoms with van der Waals surface area (Å²) in [5, 5.41) is 9.04. The molecule has 0 saturated carbocycles. The highest BCUT2D eigenvalue weighted by Crippen LogP contribution is 2.35. The fraction of sp³-hybridized carbons (Fsp3) is 0.391. The van der Waals surface area contributed by atoms with E-state index >= 15 is 0 Å². The van der Waals surface area contributed by atoms with Crippen molar-refractivity contribution in [2.75, 3.05) is 45.4 Å².